The Kier molecular flexibility index (Phi) is 6.30. The number of methoxy groups -OCH3 is 1. The molecule has 6 nitrogen and oxygen atoms in total. The van der Waals surface area contributed by atoms with Crippen molar-refractivity contribution < 1.29 is 18.7 Å². The van der Waals surface area contributed by atoms with Gasteiger partial charge < -0.3 is 20.3 Å². The number of amides is 2. The van der Waals surface area contributed by atoms with Gasteiger partial charge in [-0.05, 0) is 50.8 Å². The minimum Gasteiger partial charge on any atom is -0.496 e. The molecule has 0 aliphatic carbocycles. The molecule has 0 aliphatic rings. The molecule has 0 saturated heterocycles. The zero-order valence-electron chi connectivity index (χ0n) is 15.2. The van der Waals surface area contributed by atoms with E-state index in [2.05, 4.69) is 10.6 Å². The van der Waals surface area contributed by atoms with E-state index >= 15 is 0 Å². The molecular formula is C19H22FN3O3. The third-order valence-corrected chi connectivity index (χ3v) is 3.65. The molecule has 0 aliphatic heterocycles. The van der Waals surface area contributed by atoms with Crippen LogP contribution in [0.15, 0.2) is 36.4 Å². The Balaban J connectivity index is 2.21. The SMILES string of the molecule is COc1cccc(F)c1C(=O)Nc1ccc(C)c(NC(=O)CN(C)C)c1. The lowest BCUT2D eigenvalue weighted by atomic mass is 10.1. The summed E-state index contributed by atoms with van der Waals surface area (Å²) in [5.41, 5.74) is 1.69. The fourth-order valence-corrected chi connectivity index (χ4v) is 2.40. The van der Waals surface area contributed by atoms with Crippen LogP contribution in [0.25, 0.3) is 0 Å². The number of likely N-dealkylation sites (N-methyl/N-ethyl adjacent to an activating group) is 1. The molecule has 0 heterocycles. The van der Waals surface area contributed by atoms with Crippen LogP contribution in [0.3, 0.4) is 0 Å². The van der Waals surface area contributed by atoms with Crippen molar-refractivity contribution in [3.8, 4) is 5.75 Å². The van der Waals surface area contributed by atoms with Gasteiger partial charge in [0.25, 0.3) is 5.91 Å². The number of rotatable bonds is 6. The smallest absolute Gasteiger partial charge is 0.262 e. The zero-order valence-corrected chi connectivity index (χ0v) is 15.2. The van der Waals surface area contributed by atoms with Crippen molar-refractivity contribution in [3.05, 3.63) is 53.3 Å². The Hall–Kier alpha value is -2.93. The van der Waals surface area contributed by atoms with Crippen LogP contribution in [0.4, 0.5) is 15.8 Å². The highest BCUT2D eigenvalue weighted by atomic mass is 19.1. The quantitative estimate of drug-likeness (QED) is 0.832. The molecular weight excluding hydrogens is 337 g/mol. The molecule has 138 valence electrons. The Morgan fingerprint density at radius 2 is 1.88 bits per heavy atom. The molecule has 7 heteroatoms. The molecule has 2 N–H and O–H groups in total. The number of nitrogens with one attached hydrogen (secondary N) is 2. The van der Waals surface area contributed by atoms with E-state index in [0.717, 1.165) is 5.56 Å². The van der Waals surface area contributed by atoms with Crippen LogP contribution in [0.2, 0.25) is 0 Å². The van der Waals surface area contributed by atoms with Crippen molar-refractivity contribution in [3.63, 3.8) is 0 Å². The van der Waals surface area contributed by atoms with Crippen molar-refractivity contribution >= 4 is 23.2 Å². The van der Waals surface area contributed by atoms with Crippen molar-refractivity contribution in [2.45, 2.75) is 6.92 Å². The van der Waals surface area contributed by atoms with E-state index in [-0.39, 0.29) is 23.8 Å². The molecule has 0 atom stereocenters. The van der Waals surface area contributed by atoms with Gasteiger partial charge in [-0.2, -0.15) is 0 Å². The molecule has 2 amide bonds. The number of ether oxygens (including phenoxy) is 1. The number of carbonyl (C=O) groups excluding carboxylic acids is 2. The van der Waals surface area contributed by atoms with Crippen LogP contribution < -0.4 is 15.4 Å². The standard InChI is InChI=1S/C19H22FN3O3/c1-12-8-9-13(10-15(12)22-17(24)11-23(2)3)21-19(25)18-14(20)6-5-7-16(18)26-4/h5-10H,11H2,1-4H3,(H,21,25)(H,22,24). The Bertz CT molecular complexity index is 822. The van der Waals surface area contributed by atoms with Gasteiger partial charge in [-0.15, -0.1) is 0 Å². The van der Waals surface area contributed by atoms with Crippen LogP contribution in [0.5, 0.6) is 5.75 Å². The summed E-state index contributed by atoms with van der Waals surface area (Å²) in [6.07, 6.45) is 0. The molecule has 0 fully saturated rings. The second kappa shape index (κ2) is 8.44. The maximum absolute atomic E-state index is 14.0. The van der Waals surface area contributed by atoms with Crippen molar-refractivity contribution in [1.29, 1.82) is 0 Å². The van der Waals surface area contributed by atoms with E-state index < -0.39 is 11.7 Å². The van der Waals surface area contributed by atoms with Gasteiger partial charge in [0.15, 0.2) is 0 Å². The van der Waals surface area contributed by atoms with Crippen molar-refractivity contribution in [1.82, 2.24) is 4.90 Å². The van der Waals surface area contributed by atoms with Gasteiger partial charge >= 0.3 is 0 Å². The maximum Gasteiger partial charge on any atom is 0.262 e. The van der Waals surface area contributed by atoms with E-state index in [1.807, 2.05) is 6.92 Å². The first-order chi connectivity index (χ1) is 12.3. The van der Waals surface area contributed by atoms with E-state index in [0.29, 0.717) is 11.4 Å². The number of carbonyl (C=O) groups is 2. The van der Waals surface area contributed by atoms with Gasteiger partial charge in [0, 0.05) is 11.4 Å². The second-order valence-electron chi connectivity index (χ2n) is 6.09. The highest BCUT2D eigenvalue weighted by Crippen LogP contribution is 2.24. The minimum atomic E-state index is -0.673. The number of hydrogen-bond acceptors (Lipinski definition) is 4. The van der Waals surface area contributed by atoms with Crippen LogP contribution >= 0.6 is 0 Å². The molecule has 0 saturated carbocycles. The van der Waals surface area contributed by atoms with Gasteiger partial charge in [-0.3, -0.25) is 9.59 Å². The number of hydrogen-bond donors (Lipinski definition) is 2. The molecule has 2 aromatic carbocycles. The lowest BCUT2D eigenvalue weighted by molar-refractivity contribution is -0.116. The van der Waals surface area contributed by atoms with Crippen molar-refractivity contribution in [2.75, 3.05) is 38.4 Å². The number of nitrogens with zero attached hydrogens (tertiary/aromatic N) is 1. The van der Waals surface area contributed by atoms with E-state index in [9.17, 15) is 14.0 Å². The summed E-state index contributed by atoms with van der Waals surface area (Å²) in [7, 11) is 4.96. The average Bonchev–Trinajstić information content (AvgIpc) is 2.56. The molecule has 2 rings (SSSR count). The molecule has 0 unspecified atom stereocenters. The van der Waals surface area contributed by atoms with Crippen LogP contribution in [0, 0.1) is 12.7 Å². The summed E-state index contributed by atoms with van der Waals surface area (Å²) >= 11 is 0. The van der Waals surface area contributed by atoms with Gasteiger partial charge in [-0.25, -0.2) is 4.39 Å². The summed E-state index contributed by atoms with van der Waals surface area (Å²) in [5, 5.41) is 5.43. The first-order valence-electron chi connectivity index (χ1n) is 8.01. The number of aryl methyl sites for hydroxylation is 1. The second-order valence-corrected chi connectivity index (χ2v) is 6.09. The highest BCUT2D eigenvalue weighted by molar-refractivity contribution is 6.06. The van der Waals surface area contributed by atoms with Gasteiger partial charge in [0.2, 0.25) is 5.91 Å². The molecule has 0 bridgehead atoms. The Morgan fingerprint density at radius 1 is 1.15 bits per heavy atom. The summed E-state index contributed by atoms with van der Waals surface area (Å²) in [6.45, 7) is 2.08. The maximum atomic E-state index is 14.0. The molecule has 2 aromatic rings. The average molecular weight is 359 g/mol. The van der Waals surface area contributed by atoms with Gasteiger partial charge in [0.05, 0.1) is 13.7 Å². The topological polar surface area (TPSA) is 70.7 Å². The van der Waals surface area contributed by atoms with E-state index in [4.69, 9.17) is 4.74 Å². The Labute approximate surface area is 152 Å². The lowest BCUT2D eigenvalue weighted by Crippen LogP contribution is -2.27. The van der Waals surface area contributed by atoms with Crippen LogP contribution in [0.1, 0.15) is 15.9 Å². The largest absolute Gasteiger partial charge is 0.496 e. The molecule has 0 spiro atoms. The molecule has 0 radical (unpaired) electrons. The van der Waals surface area contributed by atoms with E-state index in [1.165, 1.54) is 25.3 Å². The summed E-state index contributed by atoms with van der Waals surface area (Å²) < 4.78 is 19.1. The summed E-state index contributed by atoms with van der Waals surface area (Å²) in [5.74, 6) is -1.32. The fourth-order valence-electron chi connectivity index (χ4n) is 2.40. The highest BCUT2D eigenvalue weighted by Gasteiger charge is 2.18. The number of benzene rings is 2. The Morgan fingerprint density at radius 3 is 2.54 bits per heavy atom. The monoisotopic (exact) mass is 359 g/mol. The van der Waals surface area contributed by atoms with Crippen LogP contribution in [-0.2, 0) is 4.79 Å². The predicted octanol–water partition coefficient (Wildman–Crippen LogP) is 2.90. The number of halogens is 1. The van der Waals surface area contributed by atoms with Crippen molar-refractivity contribution in [2.24, 2.45) is 0 Å². The van der Waals surface area contributed by atoms with Gasteiger partial charge in [0.1, 0.15) is 17.1 Å². The van der Waals surface area contributed by atoms with Crippen LogP contribution in [-0.4, -0.2) is 44.5 Å². The zero-order chi connectivity index (χ0) is 19.3. The normalized spacial score (nSPS) is 10.5. The molecule has 0 aromatic heterocycles. The number of anilines is 2. The first-order valence-corrected chi connectivity index (χ1v) is 8.01. The third-order valence-electron chi connectivity index (χ3n) is 3.65. The van der Waals surface area contributed by atoms with E-state index in [1.54, 1.807) is 37.2 Å². The summed E-state index contributed by atoms with van der Waals surface area (Å²) in [6, 6.07) is 9.25. The first kappa shape index (κ1) is 19.4. The fraction of sp³-hybridized carbons (Fsp3) is 0.263. The minimum absolute atomic E-state index is 0.147. The molecule has 26 heavy (non-hydrogen) atoms. The van der Waals surface area contributed by atoms with Gasteiger partial charge in [-0.1, -0.05) is 12.1 Å². The lowest BCUT2D eigenvalue weighted by Gasteiger charge is -2.14. The predicted molar refractivity (Wildman–Crippen MR) is 99.3 cm³/mol. The third kappa shape index (κ3) is 4.80. The summed E-state index contributed by atoms with van der Waals surface area (Å²) in [4.78, 5) is 26.2.